The van der Waals surface area contributed by atoms with Crippen molar-refractivity contribution >= 4 is 5.91 Å². The van der Waals surface area contributed by atoms with Crippen molar-refractivity contribution in [1.29, 1.82) is 0 Å². The van der Waals surface area contributed by atoms with E-state index in [2.05, 4.69) is 0 Å². The van der Waals surface area contributed by atoms with Crippen molar-refractivity contribution in [3.05, 3.63) is 35.9 Å². The van der Waals surface area contributed by atoms with Gasteiger partial charge >= 0.3 is 0 Å². The Hall–Kier alpha value is -1.39. The predicted molar refractivity (Wildman–Crippen MR) is 76.7 cm³/mol. The summed E-state index contributed by atoms with van der Waals surface area (Å²) in [5.41, 5.74) is 7.14. The quantitative estimate of drug-likeness (QED) is 0.741. The summed E-state index contributed by atoms with van der Waals surface area (Å²) in [5.74, 6) is -0.0631. The van der Waals surface area contributed by atoms with Crippen LogP contribution in [-0.2, 0) is 11.2 Å². The third-order valence-corrected chi connectivity index (χ3v) is 3.08. The molecule has 1 rings (SSSR count). The highest BCUT2D eigenvalue weighted by molar-refractivity contribution is 5.81. The van der Waals surface area contributed by atoms with Crippen LogP contribution in [0.1, 0.15) is 25.3 Å². The van der Waals surface area contributed by atoms with E-state index in [9.17, 15) is 4.79 Å². The van der Waals surface area contributed by atoms with Gasteiger partial charge in [0.05, 0.1) is 12.6 Å². The number of amides is 1. The lowest BCUT2D eigenvalue weighted by Gasteiger charge is -2.24. The monoisotopic (exact) mass is 264 g/mol. The van der Waals surface area contributed by atoms with Crippen LogP contribution in [0.4, 0.5) is 0 Å². The number of aliphatic hydroxyl groups is 1. The summed E-state index contributed by atoms with van der Waals surface area (Å²) in [6.45, 7) is 3.01. The van der Waals surface area contributed by atoms with E-state index in [0.29, 0.717) is 19.5 Å². The number of aryl methyl sites for hydroxylation is 1. The number of rotatable bonds is 8. The molecular formula is C15H24N2O2. The second-order valence-corrected chi connectivity index (χ2v) is 4.68. The average Bonchev–Trinajstić information content (AvgIpc) is 2.45. The molecule has 106 valence electrons. The second-order valence-electron chi connectivity index (χ2n) is 4.68. The third kappa shape index (κ3) is 5.41. The molecular weight excluding hydrogens is 240 g/mol. The van der Waals surface area contributed by atoms with Crippen molar-refractivity contribution < 1.29 is 9.90 Å². The second kappa shape index (κ2) is 8.67. The Morgan fingerprint density at radius 1 is 1.32 bits per heavy atom. The van der Waals surface area contributed by atoms with Crippen LogP contribution in [0.3, 0.4) is 0 Å². The smallest absolute Gasteiger partial charge is 0.239 e. The van der Waals surface area contributed by atoms with Crippen molar-refractivity contribution in [3.8, 4) is 0 Å². The molecule has 0 aliphatic carbocycles. The maximum Gasteiger partial charge on any atom is 0.239 e. The van der Waals surface area contributed by atoms with Gasteiger partial charge in [0.1, 0.15) is 0 Å². The highest BCUT2D eigenvalue weighted by Crippen LogP contribution is 2.06. The molecule has 0 spiro atoms. The molecule has 0 saturated carbocycles. The van der Waals surface area contributed by atoms with E-state index in [-0.39, 0.29) is 12.5 Å². The van der Waals surface area contributed by atoms with Crippen LogP contribution < -0.4 is 5.73 Å². The molecule has 0 heterocycles. The Kier molecular flexibility index (Phi) is 7.15. The van der Waals surface area contributed by atoms with Gasteiger partial charge in [-0.2, -0.15) is 0 Å². The van der Waals surface area contributed by atoms with Crippen molar-refractivity contribution in [2.45, 2.75) is 32.2 Å². The number of aliphatic hydroxyl groups excluding tert-OH is 1. The standard InChI is InChI=1S/C15H24N2O2/c1-2-10-17(11-12-18)15(19)14(16)9-8-13-6-4-3-5-7-13/h3-7,14,18H,2,8-12,16H2,1H3/t14-/m0/s1. The molecule has 0 bridgehead atoms. The fourth-order valence-corrected chi connectivity index (χ4v) is 2.05. The first-order chi connectivity index (χ1) is 9.19. The summed E-state index contributed by atoms with van der Waals surface area (Å²) in [6.07, 6.45) is 2.30. The highest BCUT2D eigenvalue weighted by atomic mass is 16.3. The summed E-state index contributed by atoms with van der Waals surface area (Å²) < 4.78 is 0. The first-order valence-corrected chi connectivity index (χ1v) is 6.88. The summed E-state index contributed by atoms with van der Waals surface area (Å²) in [5, 5.41) is 8.97. The van der Waals surface area contributed by atoms with Gasteiger partial charge < -0.3 is 15.7 Å². The minimum atomic E-state index is -0.488. The van der Waals surface area contributed by atoms with Crippen molar-refractivity contribution in [2.75, 3.05) is 19.7 Å². The molecule has 0 aromatic heterocycles. The van der Waals surface area contributed by atoms with E-state index in [1.807, 2.05) is 37.3 Å². The van der Waals surface area contributed by atoms with Gasteiger partial charge in [-0.25, -0.2) is 0 Å². The number of hydrogen-bond donors (Lipinski definition) is 2. The molecule has 0 saturated heterocycles. The number of carbonyl (C=O) groups is 1. The Morgan fingerprint density at radius 2 is 2.00 bits per heavy atom. The summed E-state index contributed by atoms with van der Waals surface area (Å²) >= 11 is 0. The molecule has 3 N–H and O–H groups in total. The van der Waals surface area contributed by atoms with Crippen LogP contribution in [0.25, 0.3) is 0 Å². The van der Waals surface area contributed by atoms with E-state index in [1.54, 1.807) is 4.90 Å². The van der Waals surface area contributed by atoms with Crippen molar-refractivity contribution in [3.63, 3.8) is 0 Å². The summed E-state index contributed by atoms with van der Waals surface area (Å²) in [4.78, 5) is 13.8. The van der Waals surface area contributed by atoms with E-state index in [4.69, 9.17) is 10.8 Å². The predicted octanol–water partition coefficient (Wildman–Crippen LogP) is 1.18. The SMILES string of the molecule is CCCN(CCO)C(=O)[C@@H](N)CCc1ccccc1. The van der Waals surface area contributed by atoms with Gasteiger partial charge in [-0.3, -0.25) is 4.79 Å². The molecule has 4 nitrogen and oxygen atoms in total. The first kappa shape index (κ1) is 15.7. The molecule has 1 atom stereocenters. The number of benzene rings is 1. The molecule has 1 amide bonds. The fourth-order valence-electron chi connectivity index (χ4n) is 2.05. The van der Waals surface area contributed by atoms with E-state index < -0.39 is 6.04 Å². The molecule has 4 heteroatoms. The molecule has 0 unspecified atom stereocenters. The highest BCUT2D eigenvalue weighted by Gasteiger charge is 2.19. The lowest BCUT2D eigenvalue weighted by Crippen LogP contribution is -2.45. The van der Waals surface area contributed by atoms with Gasteiger partial charge in [0.25, 0.3) is 0 Å². The molecule has 1 aromatic carbocycles. The number of carbonyl (C=O) groups excluding carboxylic acids is 1. The molecule has 0 aliphatic rings. The van der Waals surface area contributed by atoms with E-state index in [0.717, 1.165) is 12.8 Å². The molecule has 0 fully saturated rings. The molecule has 0 aliphatic heterocycles. The zero-order valence-electron chi connectivity index (χ0n) is 11.6. The van der Waals surface area contributed by atoms with Gasteiger partial charge in [-0.05, 0) is 24.8 Å². The van der Waals surface area contributed by atoms with Crippen LogP contribution in [0.5, 0.6) is 0 Å². The lowest BCUT2D eigenvalue weighted by atomic mass is 10.0. The normalized spacial score (nSPS) is 12.2. The van der Waals surface area contributed by atoms with Crippen LogP contribution in [0, 0.1) is 0 Å². The van der Waals surface area contributed by atoms with Crippen molar-refractivity contribution in [2.24, 2.45) is 5.73 Å². The summed E-state index contributed by atoms with van der Waals surface area (Å²) in [7, 11) is 0. The van der Waals surface area contributed by atoms with Crippen LogP contribution >= 0.6 is 0 Å². The maximum atomic E-state index is 12.1. The van der Waals surface area contributed by atoms with Gasteiger partial charge in [-0.1, -0.05) is 37.3 Å². The van der Waals surface area contributed by atoms with Crippen LogP contribution in [0.15, 0.2) is 30.3 Å². The Morgan fingerprint density at radius 3 is 2.58 bits per heavy atom. The largest absolute Gasteiger partial charge is 0.395 e. The number of nitrogens with two attached hydrogens (primary N) is 1. The van der Waals surface area contributed by atoms with Gasteiger partial charge in [0, 0.05) is 13.1 Å². The Labute approximate surface area is 115 Å². The molecule has 19 heavy (non-hydrogen) atoms. The van der Waals surface area contributed by atoms with E-state index >= 15 is 0 Å². The van der Waals surface area contributed by atoms with Gasteiger partial charge in [-0.15, -0.1) is 0 Å². The number of nitrogens with zero attached hydrogens (tertiary/aromatic N) is 1. The zero-order valence-corrected chi connectivity index (χ0v) is 11.6. The Bertz CT molecular complexity index is 362. The average molecular weight is 264 g/mol. The third-order valence-electron chi connectivity index (χ3n) is 3.08. The summed E-state index contributed by atoms with van der Waals surface area (Å²) in [6, 6.07) is 9.52. The minimum Gasteiger partial charge on any atom is -0.395 e. The van der Waals surface area contributed by atoms with Crippen molar-refractivity contribution in [1.82, 2.24) is 4.90 Å². The minimum absolute atomic E-state index is 0.0167. The topological polar surface area (TPSA) is 66.6 Å². The first-order valence-electron chi connectivity index (χ1n) is 6.88. The lowest BCUT2D eigenvalue weighted by molar-refractivity contribution is -0.133. The molecule has 0 radical (unpaired) electrons. The van der Waals surface area contributed by atoms with E-state index in [1.165, 1.54) is 5.56 Å². The zero-order chi connectivity index (χ0) is 14.1. The van der Waals surface area contributed by atoms with Gasteiger partial charge in [0.15, 0.2) is 0 Å². The van der Waals surface area contributed by atoms with Crippen LogP contribution in [-0.4, -0.2) is 41.7 Å². The number of hydrogen-bond acceptors (Lipinski definition) is 3. The molecule has 1 aromatic rings. The fraction of sp³-hybridized carbons (Fsp3) is 0.533. The Balaban J connectivity index is 2.46. The van der Waals surface area contributed by atoms with Crippen LogP contribution in [0.2, 0.25) is 0 Å². The van der Waals surface area contributed by atoms with Gasteiger partial charge in [0.2, 0.25) is 5.91 Å². The maximum absolute atomic E-state index is 12.1.